The van der Waals surface area contributed by atoms with Crippen molar-refractivity contribution < 1.29 is 19.3 Å². The first-order valence-electron chi connectivity index (χ1n) is 4.62. The van der Waals surface area contributed by atoms with Crippen molar-refractivity contribution in [3.8, 4) is 0 Å². The number of unbranched alkanes of at least 4 members (excludes halogenated alkanes) is 1. The summed E-state index contributed by atoms with van der Waals surface area (Å²) in [6.07, 6.45) is 1.55. The van der Waals surface area contributed by atoms with Crippen molar-refractivity contribution >= 4 is 0 Å². The van der Waals surface area contributed by atoms with Crippen LogP contribution in [0.15, 0.2) is 0 Å². The summed E-state index contributed by atoms with van der Waals surface area (Å²) in [5.74, 6) is -0.940. The Labute approximate surface area is 79.8 Å². The predicted molar refractivity (Wildman–Crippen MR) is 49.3 cm³/mol. The Balaban J connectivity index is 3.57. The number of hydrogen-bond acceptors (Lipinski definition) is 4. The van der Waals surface area contributed by atoms with E-state index in [0.29, 0.717) is 13.2 Å². The Bertz CT molecular complexity index is 118. The lowest BCUT2D eigenvalue weighted by molar-refractivity contribution is -0.359. The Morgan fingerprint density at radius 2 is 1.92 bits per heavy atom. The highest BCUT2D eigenvalue weighted by atomic mass is 16.9. The van der Waals surface area contributed by atoms with E-state index in [1.54, 1.807) is 14.0 Å². The molecule has 4 nitrogen and oxygen atoms in total. The van der Waals surface area contributed by atoms with Gasteiger partial charge in [0.1, 0.15) is 0 Å². The average molecular weight is 192 g/mol. The van der Waals surface area contributed by atoms with Crippen LogP contribution in [0.4, 0.5) is 0 Å². The lowest BCUT2D eigenvalue weighted by Crippen LogP contribution is -2.34. The van der Waals surface area contributed by atoms with Crippen molar-refractivity contribution in [3.05, 3.63) is 0 Å². The van der Waals surface area contributed by atoms with Crippen LogP contribution >= 0.6 is 0 Å². The van der Waals surface area contributed by atoms with E-state index in [1.807, 2.05) is 6.92 Å². The van der Waals surface area contributed by atoms with Gasteiger partial charge in [-0.3, -0.25) is 0 Å². The van der Waals surface area contributed by atoms with Crippen LogP contribution < -0.4 is 0 Å². The second-order valence-electron chi connectivity index (χ2n) is 2.78. The highest BCUT2D eigenvalue weighted by molar-refractivity contribution is 4.46. The first-order valence-corrected chi connectivity index (χ1v) is 4.62. The standard InChI is InChI=1S/C9H20O4/c1-4-12-9(2,11-3)13-8-6-5-7-10/h10H,4-8H2,1-3H3. The normalized spacial score (nSPS) is 15.7. The maximum absolute atomic E-state index is 8.54. The molecule has 80 valence electrons. The first kappa shape index (κ1) is 12.8. The summed E-state index contributed by atoms with van der Waals surface area (Å²) >= 11 is 0. The Hall–Kier alpha value is -0.160. The molecule has 0 heterocycles. The molecule has 0 aromatic rings. The van der Waals surface area contributed by atoms with E-state index in [-0.39, 0.29) is 6.61 Å². The van der Waals surface area contributed by atoms with Crippen molar-refractivity contribution in [2.75, 3.05) is 26.9 Å². The number of ether oxygens (including phenoxy) is 3. The molecule has 0 amide bonds. The third-order valence-electron chi connectivity index (χ3n) is 1.69. The van der Waals surface area contributed by atoms with Crippen LogP contribution in [-0.2, 0) is 14.2 Å². The van der Waals surface area contributed by atoms with Gasteiger partial charge in [0.25, 0.3) is 5.97 Å². The molecule has 0 aliphatic carbocycles. The Morgan fingerprint density at radius 1 is 1.23 bits per heavy atom. The van der Waals surface area contributed by atoms with Gasteiger partial charge in [-0.15, -0.1) is 0 Å². The quantitative estimate of drug-likeness (QED) is 0.462. The monoisotopic (exact) mass is 192 g/mol. The van der Waals surface area contributed by atoms with Crippen LogP contribution in [-0.4, -0.2) is 38.0 Å². The van der Waals surface area contributed by atoms with Crippen LogP contribution in [0.3, 0.4) is 0 Å². The van der Waals surface area contributed by atoms with Gasteiger partial charge in [-0.1, -0.05) is 0 Å². The van der Waals surface area contributed by atoms with Crippen molar-refractivity contribution in [3.63, 3.8) is 0 Å². The topological polar surface area (TPSA) is 47.9 Å². The largest absolute Gasteiger partial charge is 0.396 e. The molecule has 0 aliphatic heterocycles. The number of rotatable bonds is 8. The molecule has 0 aliphatic rings. The van der Waals surface area contributed by atoms with Gasteiger partial charge in [-0.25, -0.2) is 0 Å². The molecule has 1 unspecified atom stereocenters. The number of aliphatic hydroxyl groups is 1. The van der Waals surface area contributed by atoms with E-state index in [9.17, 15) is 0 Å². The van der Waals surface area contributed by atoms with Gasteiger partial charge in [0, 0.05) is 27.2 Å². The van der Waals surface area contributed by atoms with E-state index < -0.39 is 5.97 Å². The fraction of sp³-hybridized carbons (Fsp3) is 1.00. The van der Waals surface area contributed by atoms with E-state index in [4.69, 9.17) is 19.3 Å². The fourth-order valence-corrected chi connectivity index (χ4v) is 0.893. The summed E-state index contributed by atoms with van der Waals surface area (Å²) < 4.78 is 15.7. The average Bonchev–Trinajstić information content (AvgIpc) is 2.13. The maximum Gasteiger partial charge on any atom is 0.279 e. The summed E-state index contributed by atoms with van der Waals surface area (Å²) in [7, 11) is 1.54. The summed E-state index contributed by atoms with van der Waals surface area (Å²) in [5, 5.41) is 8.54. The van der Waals surface area contributed by atoms with Crippen molar-refractivity contribution in [2.45, 2.75) is 32.7 Å². The molecule has 0 rings (SSSR count). The zero-order chi connectivity index (χ0) is 10.2. The third kappa shape index (κ3) is 5.99. The molecular weight excluding hydrogens is 172 g/mol. The molecule has 0 saturated carbocycles. The smallest absolute Gasteiger partial charge is 0.279 e. The van der Waals surface area contributed by atoms with Gasteiger partial charge in [0.2, 0.25) is 0 Å². The SMILES string of the molecule is CCOC(C)(OC)OCCCCO. The maximum atomic E-state index is 8.54. The van der Waals surface area contributed by atoms with Crippen LogP contribution in [0.25, 0.3) is 0 Å². The van der Waals surface area contributed by atoms with Crippen molar-refractivity contribution in [1.29, 1.82) is 0 Å². The lowest BCUT2D eigenvalue weighted by Gasteiger charge is -2.27. The van der Waals surface area contributed by atoms with Gasteiger partial charge >= 0.3 is 0 Å². The van der Waals surface area contributed by atoms with Crippen molar-refractivity contribution in [1.82, 2.24) is 0 Å². The Kier molecular flexibility index (Phi) is 7.17. The predicted octanol–water partition coefficient (Wildman–Crippen LogP) is 1.13. The number of hydrogen-bond donors (Lipinski definition) is 1. The van der Waals surface area contributed by atoms with Gasteiger partial charge in [-0.2, -0.15) is 0 Å². The number of methoxy groups -OCH3 is 1. The second kappa shape index (κ2) is 7.26. The van der Waals surface area contributed by atoms with Crippen LogP contribution in [0.5, 0.6) is 0 Å². The highest BCUT2D eigenvalue weighted by Gasteiger charge is 2.24. The minimum Gasteiger partial charge on any atom is -0.396 e. The molecule has 0 spiro atoms. The molecule has 0 fully saturated rings. The summed E-state index contributed by atoms with van der Waals surface area (Å²) in [5.41, 5.74) is 0. The molecule has 4 heteroatoms. The van der Waals surface area contributed by atoms with E-state index in [1.165, 1.54) is 0 Å². The minimum atomic E-state index is -0.940. The zero-order valence-electron chi connectivity index (χ0n) is 8.71. The zero-order valence-corrected chi connectivity index (χ0v) is 8.71. The van der Waals surface area contributed by atoms with E-state index >= 15 is 0 Å². The molecule has 0 saturated heterocycles. The summed E-state index contributed by atoms with van der Waals surface area (Å²) in [4.78, 5) is 0. The van der Waals surface area contributed by atoms with Crippen LogP contribution in [0, 0.1) is 0 Å². The number of aliphatic hydroxyl groups excluding tert-OH is 1. The highest BCUT2D eigenvalue weighted by Crippen LogP contribution is 2.13. The molecular formula is C9H20O4. The van der Waals surface area contributed by atoms with E-state index in [2.05, 4.69) is 0 Å². The first-order chi connectivity index (χ1) is 6.18. The molecule has 1 N–H and O–H groups in total. The molecule has 13 heavy (non-hydrogen) atoms. The van der Waals surface area contributed by atoms with Crippen molar-refractivity contribution in [2.24, 2.45) is 0 Å². The molecule has 0 aromatic heterocycles. The summed E-state index contributed by atoms with van der Waals surface area (Å²) in [6, 6.07) is 0. The molecule has 0 aromatic carbocycles. The fourth-order valence-electron chi connectivity index (χ4n) is 0.893. The minimum absolute atomic E-state index is 0.196. The van der Waals surface area contributed by atoms with Gasteiger partial charge in [0.15, 0.2) is 0 Å². The third-order valence-corrected chi connectivity index (χ3v) is 1.69. The molecule has 0 radical (unpaired) electrons. The van der Waals surface area contributed by atoms with Crippen LogP contribution in [0.2, 0.25) is 0 Å². The molecule has 1 atom stereocenters. The van der Waals surface area contributed by atoms with Gasteiger partial charge < -0.3 is 19.3 Å². The summed E-state index contributed by atoms with van der Waals surface area (Å²) in [6.45, 7) is 4.89. The second-order valence-corrected chi connectivity index (χ2v) is 2.78. The van der Waals surface area contributed by atoms with Gasteiger partial charge in [0.05, 0.1) is 6.61 Å². The van der Waals surface area contributed by atoms with Crippen LogP contribution in [0.1, 0.15) is 26.7 Å². The lowest BCUT2D eigenvalue weighted by atomic mass is 10.3. The molecule has 0 bridgehead atoms. The van der Waals surface area contributed by atoms with E-state index in [0.717, 1.165) is 12.8 Å². The van der Waals surface area contributed by atoms with Gasteiger partial charge in [-0.05, 0) is 19.8 Å². The Morgan fingerprint density at radius 3 is 2.38 bits per heavy atom.